The predicted octanol–water partition coefficient (Wildman–Crippen LogP) is 3.64. The summed E-state index contributed by atoms with van der Waals surface area (Å²) in [7, 11) is 0. The van der Waals surface area contributed by atoms with Crippen molar-refractivity contribution in [2.24, 2.45) is 0 Å². The highest BCUT2D eigenvalue weighted by atomic mass is 16.3. The highest BCUT2D eigenvalue weighted by Gasteiger charge is 2.25. The molecule has 0 aliphatic carbocycles. The zero-order valence-corrected chi connectivity index (χ0v) is 11.0. The van der Waals surface area contributed by atoms with Gasteiger partial charge in [-0.2, -0.15) is 5.26 Å². The summed E-state index contributed by atoms with van der Waals surface area (Å²) in [6, 6.07) is 11.2. The first-order valence-electron chi connectivity index (χ1n) is 6.24. The summed E-state index contributed by atoms with van der Waals surface area (Å²) in [6.45, 7) is 3.83. The van der Waals surface area contributed by atoms with E-state index in [0.29, 0.717) is 17.7 Å². The van der Waals surface area contributed by atoms with Gasteiger partial charge in [-0.05, 0) is 24.1 Å². The van der Waals surface area contributed by atoms with Crippen LogP contribution in [0.25, 0.3) is 0 Å². The Morgan fingerprint density at radius 3 is 2.74 bits per heavy atom. The van der Waals surface area contributed by atoms with E-state index in [9.17, 15) is 10.1 Å². The number of furan rings is 1. The van der Waals surface area contributed by atoms with Gasteiger partial charge in [0, 0.05) is 6.42 Å². The van der Waals surface area contributed by atoms with Crippen molar-refractivity contribution in [2.75, 3.05) is 0 Å². The van der Waals surface area contributed by atoms with Gasteiger partial charge in [0.15, 0.2) is 5.78 Å². The third kappa shape index (κ3) is 2.43. The fourth-order valence-electron chi connectivity index (χ4n) is 2.17. The van der Waals surface area contributed by atoms with Gasteiger partial charge in [-0.15, -0.1) is 0 Å². The first kappa shape index (κ1) is 13.1. The second-order valence-electron chi connectivity index (χ2n) is 4.39. The van der Waals surface area contributed by atoms with Crippen molar-refractivity contribution in [1.82, 2.24) is 0 Å². The molecule has 0 saturated carbocycles. The Kier molecular flexibility index (Phi) is 3.82. The predicted molar refractivity (Wildman–Crippen MR) is 71.9 cm³/mol. The fourth-order valence-corrected chi connectivity index (χ4v) is 2.17. The molecule has 1 unspecified atom stereocenters. The maximum atomic E-state index is 12.5. The van der Waals surface area contributed by atoms with Crippen LogP contribution in [0.1, 0.15) is 40.1 Å². The first-order valence-corrected chi connectivity index (χ1v) is 6.24. The summed E-state index contributed by atoms with van der Waals surface area (Å²) in [4.78, 5) is 12.5. The molecule has 96 valence electrons. The molecule has 0 amide bonds. The third-order valence-corrected chi connectivity index (χ3v) is 3.22. The van der Waals surface area contributed by atoms with E-state index in [1.807, 2.05) is 38.1 Å². The van der Waals surface area contributed by atoms with E-state index in [0.717, 1.165) is 11.1 Å². The van der Waals surface area contributed by atoms with Crippen molar-refractivity contribution in [2.45, 2.75) is 26.2 Å². The zero-order valence-electron chi connectivity index (χ0n) is 11.0. The minimum atomic E-state index is -0.774. The molecule has 0 spiro atoms. The van der Waals surface area contributed by atoms with Crippen molar-refractivity contribution in [3.8, 4) is 6.07 Å². The maximum absolute atomic E-state index is 12.5. The first-order chi connectivity index (χ1) is 9.19. The van der Waals surface area contributed by atoms with E-state index in [1.54, 1.807) is 6.07 Å². The lowest BCUT2D eigenvalue weighted by Gasteiger charge is -2.11. The van der Waals surface area contributed by atoms with Gasteiger partial charge in [0.05, 0.1) is 17.9 Å². The van der Waals surface area contributed by atoms with E-state index in [4.69, 9.17) is 4.42 Å². The Labute approximate surface area is 112 Å². The van der Waals surface area contributed by atoms with Crippen molar-refractivity contribution >= 4 is 5.78 Å². The molecular weight excluding hydrogens is 238 g/mol. The molecule has 3 heteroatoms. The van der Waals surface area contributed by atoms with Crippen LogP contribution in [-0.2, 0) is 6.42 Å². The minimum absolute atomic E-state index is 0.192. The summed E-state index contributed by atoms with van der Waals surface area (Å²) >= 11 is 0. The lowest BCUT2D eigenvalue weighted by Crippen LogP contribution is -2.13. The van der Waals surface area contributed by atoms with Gasteiger partial charge in [-0.25, -0.2) is 0 Å². The number of carbonyl (C=O) groups is 1. The largest absolute Gasteiger partial charge is 0.469 e. The van der Waals surface area contributed by atoms with Gasteiger partial charge in [0.1, 0.15) is 11.7 Å². The van der Waals surface area contributed by atoms with E-state index in [1.165, 1.54) is 6.26 Å². The zero-order chi connectivity index (χ0) is 13.8. The molecule has 1 aromatic carbocycles. The lowest BCUT2D eigenvalue weighted by atomic mass is 9.89. The van der Waals surface area contributed by atoms with Crippen LogP contribution in [0, 0.1) is 18.3 Å². The van der Waals surface area contributed by atoms with Crippen LogP contribution in [0.4, 0.5) is 0 Å². The SMILES string of the molecule is CCc1occc1C(=O)C(C#N)c1ccccc1C. The van der Waals surface area contributed by atoms with Gasteiger partial charge < -0.3 is 4.42 Å². The van der Waals surface area contributed by atoms with Gasteiger partial charge in [0.25, 0.3) is 0 Å². The van der Waals surface area contributed by atoms with E-state index in [2.05, 4.69) is 6.07 Å². The molecule has 0 radical (unpaired) electrons. The second-order valence-corrected chi connectivity index (χ2v) is 4.39. The molecular formula is C16H15NO2. The van der Waals surface area contributed by atoms with E-state index >= 15 is 0 Å². The summed E-state index contributed by atoms with van der Waals surface area (Å²) in [5, 5.41) is 9.34. The van der Waals surface area contributed by atoms with Crippen LogP contribution >= 0.6 is 0 Å². The highest BCUT2D eigenvalue weighted by molar-refractivity contribution is 6.03. The Balaban J connectivity index is 2.42. The summed E-state index contributed by atoms with van der Waals surface area (Å²) in [6.07, 6.45) is 2.14. The quantitative estimate of drug-likeness (QED) is 0.781. The Bertz CT molecular complexity index is 634. The van der Waals surface area contributed by atoms with E-state index in [-0.39, 0.29) is 5.78 Å². The second kappa shape index (κ2) is 5.53. The van der Waals surface area contributed by atoms with Crippen molar-refractivity contribution in [1.29, 1.82) is 5.26 Å². The number of hydrogen-bond acceptors (Lipinski definition) is 3. The summed E-state index contributed by atoms with van der Waals surface area (Å²) in [5.74, 6) is -0.328. The number of nitrogens with zero attached hydrogens (tertiary/aromatic N) is 1. The van der Waals surface area contributed by atoms with Crippen LogP contribution < -0.4 is 0 Å². The molecule has 3 nitrogen and oxygen atoms in total. The van der Waals surface area contributed by atoms with Gasteiger partial charge >= 0.3 is 0 Å². The Hall–Kier alpha value is -2.34. The molecule has 0 bridgehead atoms. The normalized spacial score (nSPS) is 11.8. The van der Waals surface area contributed by atoms with Crippen LogP contribution in [0.2, 0.25) is 0 Å². The monoisotopic (exact) mass is 253 g/mol. The molecule has 2 rings (SSSR count). The molecule has 1 aromatic heterocycles. The molecule has 1 atom stereocenters. The number of Topliss-reactive ketones (excluding diaryl/α,β-unsaturated/α-hetero) is 1. The summed E-state index contributed by atoms with van der Waals surface area (Å²) in [5.41, 5.74) is 2.22. The number of benzene rings is 1. The number of hydrogen-bond donors (Lipinski definition) is 0. The molecule has 0 saturated heterocycles. The van der Waals surface area contributed by atoms with Crippen LogP contribution in [-0.4, -0.2) is 5.78 Å². The third-order valence-electron chi connectivity index (χ3n) is 3.22. The van der Waals surface area contributed by atoms with Crippen molar-refractivity contribution in [3.05, 3.63) is 59.0 Å². The molecule has 2 aromatic rings. The number of ketones is 1. The van der Waals surface area contributed by atoms with Crippen LogP contribution in [0.3, 0.4) is 0 Å². The molecule has 0 aliphatic heterocycles. The van der Waals surface area contributed by atoms with Crippen LogP contribution in [0.15, 0.2) is 41.0 Å². The Morgan fingerprint density at radius 2 is 2.11 bits per heavy atom. The number of nitriles is 1. The standard InChI is InChI=1S/C16H15NO2/c1-3-15-13(8-9-19-15)16(18)14(10-17)12-7-5-4-6-11(12)2/h4-9,14H,3H2,1-2H3. The average molecular weight is 253 g/mol. The molecule has 0 fully saturated rings. The molecule has 1 heterocycles. The fraction of sp³-hybridized carbons (Fsp3) is 0.250. The van der Waals surface area contributed by atoms with Gasteiger partial charge in [0.2, 0.25) is 0 Å². The molecule has 0 aliphatic rings. The smallest absolute Gasteiger partial charge is 0.187 e. The lowest BCUT2D eigenvalue weighted by molar-refractivity contribution is 0.0976. The Morgan fingerprint density at radius 1 is 1.37 bits per heavy atom. The average Bonchev–Trinajstić information content (AvgIpc) is 2.89. The van der Waals surface area contributed by atoms with E-state index < -0.39 is 5.92 Å². The van der Waals surface area contributed by atoms with Crippen LogP contribution in [0.5, 0.6) is 0 Å². The minimum Gasteiger partial charge on any atom is -0.469 e. The number of rotatable bonds is 4. The topological polar surface area (TPSA) is 54.0 Å². The summed E-state index contributed by atoms with van der Waals surface area (Å²) < 4.78 is 5.27. The maximum Gasteiger partial charge on any atom is 0.187 e. The van der Waals surface area contributed by atoms with Crippen molar-refractivity contribution in [3.63, 3.8) is 0 Å². The van der Waals surface area contributed by atoms with Gasteiger partial charge in [-0.3, -0.25) is 4.79 Å². The number of carbonyl (C=O) groups excluding carboxylic acids is 1. The van der Waals surface area contributed by atoms with Crippen molar-refractivity contribution < 1.29 is 9.21 Å². The molecule has 0 N–H and O–H groups in total. The molecule has 19 heavy (non-hydrogen) atoms. The van der Waals surface area contributed by atoms with Gasteiger partial charge in [-0.1, -0.05) is 31.2 Å². The number of aryl methyl sites for hydroxylation is 2. The highest BCUT2D eigenvalue weighted by Crippen LogP contribution is 2.25.